The average molecular weight is 387 g/mol. The van der Waals surface area contributed by atoms with Crippen molar-refractivity contribution < 1.29 is 13.2 Å². The first-order chi connectivity index (χ1) is 12.8. The number of hydrogen-bond donors (Lipinski definition) is 1. The second-order valence-electron chi connectivity index (χ2n) is 7.39. The van der Waals surface area contributed by atoms with Gasteiger partial charge in [0.25, 0.3) is 5.91 Å². The van der Waals surface area contributed by atoms with Gasteiger partial charge < -0.3 is 5.32 Å². The van der Waals surface area contributed by atoms with Gasteiger partial charge in [0, 0.05) is 24.7 Å². The Labute approximate surface area is 161 Å². The highest BCUT2D eigenvalue weighted by atomic mass is 32.2. The molecule has 0 aromatic heterocycles. The zero-order valence-electron chi connectivity index (χ0n) is 16.0. The van der Waals surface area contributed by atoms with Gasteiger partial charge in [-0.25, -0.2) is 8.42 Å². The highest BCUT2D eigenvalue weighted by Crippen LogP contribution is 2.25. The molecule has 2 aromatic rings. The first-order valence-electron chi connectivity index (χ1n) is 9.27. The van der Waals surface area contributed by atoms with Crippen LogP contribution in [0.1, 0.15) is 42.3 Å². The number of nitrogens with zero attached hydrogens (tertiary/aromatic N) is 1. The molecule has 1 unspecified atom stereocenters. The van der Waals surface area contributed by atoms with E-state index in [0.717, 1.165) is 5.56 Å². The largest absolute Gasteiger partial charge is 0.349 e. The van der Waals surface area contributed by atoms with E-state index in [0.29, 0.717) is 31.0 Å². The Morgan fingerprint density at radius 1 is 1.04 bits per heavy atom. The van der Waals surface area contributed by atoms with Crippen molar-refractivity contribution in [3.05, 3.63) is 65.2 Å². The average Bonchev–Trinajstić information content (AvgIpc) is 2.67. The lowest BCUT2D eigenvalue weighted by Gasteiger charge is -2.28. The summed E-state index contributed by atoms with van der Waals surface area (Å²) in [5.74, 6) is 0.0477. The Morgan fingerprint density at radius 3 is 2.44 bits per heavy atom. The van der Waals surface area contributed by atoms with Crippen molar-refractivity contribution in [3.63, 3.8) is 0 Å². The summed E-state index contributed by atoms with van der Waals surface area (Å²) in [5.41, 5.74) is 2.59. The van der Waals surface area contributed by atoms with Gasteiger partial charge in [-0.1, -0.05) is 44.2 Å². The number of carbonyl (C=O) groups excluding carboxylic acids is 1. The molecule has 5 nitrogen and oxygen atoms in total. The first-order valence-corrected chi connectivity index (χ1v) is 10.7. The summed E-state index contributed by atoms with van der Waals surface area (Å²) >= 11 is 0. The van der Waals surface area contributed by atoms with Gasteiger partial charge >= 0.3 is 0 Å². The molecule has 1 N–H and O–H groups in total. The van der Waals surface area contributed by atoms with E-state index in [9.17, 15) is 13.2 Å². The number of rotatable bonds is 5. The fraction of sp³-hybridized carbons (Fsp3) is 0.381. The first kappa shape index (κ1) is 19.6. The van der Waals surface area contributed by atoms with Crippen LogP contribution in [0.2, 0.25) is 0 Å². The molecule has 1 heterocycles. The van der Waals surface area contributed by atoms with Gasteiger partial charge in [0.1, 0.15) is 0 Å². The van der Waals surface area contributed by atoms with Gasteiger partial charge in [-0.3, -0.25) is 4.79 Å². The molecule has 1 atom stereocenters. The van der Waals surface area contributed by atoms with E-state index >= 15 is 0 Å². The van der Waals surface area contributed by atoms with Crippen molar-refractivity contribution >= 4 is 15.9 Å². The van der Waals surface area contributed by atoms with Gasteiger partial charge in [-0.15, -0.1) is 0 Å². The molecule has 1 aliphatic heterocycles. The number of amides is 1. The number of carbonyl (C=O) groups is 1. The Hall–Kier alpha value is -2.18. The molecule has 0 aliphatic carbocycles. The van der Waals surface area contributed by atoms with Crippen molar-refractivity contribution in [2.24, 2.45) is 5.92 Å². The maximum atomic E-state index is 13.1. The smallest absolute Gasteiger partial charge is 0.251 e. The Morgan fingerprint density at radius 2 is 1.74 bits per heavy atom. The third-order valence-electron chi connectivity index (χ3n) is 5.19. The van der Waals surface area contributed by atoms with Crippen LogP contribution in [0.15, 0.2) is 53.4 Å². The van der Waals surface area contributed by atoms with Gasteiger partial charge in [0.2, 0.25) is 10.0 Å². The fourth-order valence-corrected chi connectivity index (χ4v) is 4.54. The minimum Gasteiger partial charge on any atom is -0.349 e. The van der Waals surface area contributed by atoms with Crippen LogP contribution in [-0.4, -0.2) is 31.2 Å². The van der Waals surface area contributed by atoms with Crippen LogP contribution < -0.4 is 5.32 Å². The van der Waals surface area contributed by atoms with Crippen molar-refractivity contribution in [1.82, 2.24) is 9.62 Å². The van der Waals surface area contributed by atoms with E-state index in [2.05, 4.69) is 5.32 Å². The molecular weight excluding hydrogens is 360 g/mol. The zero-order valence-corrected chi connectivity index (χ0v) is 16.8. The predicted molar refractivity (Wildman–Crippen MR) is 106 cm³/mol. The molecule has 144 valence electrons. The highest BCUT2D eigenvalue weighted by Gasteiger charge is 2.28. The molecule has 0 radical (unpaired) electrons. The van der Waals surface area contributed by atoms with Gasteiger partial charge in [-0.05, 0) is 48.6 Å². The Bertz CT molecular complexity index is 938. The minimum absolute atomic E-state index is 0.0105. The highest BCUT2D eigenvalue weighted by molar-refractivity contribution is 7.89. The second kappa shape index (κ2) is 7.82. The molecule has 0 spiro atoms. The topological polar surface area (TPSA) is 66.5 Å². The van der Waals surface area contributed by atoms with Crippen molar-refractivity contribution in [2.75, 3.05) is 6.54 Å². The van der Waals surface area contributed by atoms with E-state index in [1.165, 1.54) is 15.9 Å². The maximum absolute atomic E-state index is 13.1. The molecule has 0 saturated carbocycles. The third kappa shape index (κ3) is 4.22. The van der Waals surface area contributed by atoms with E-state index in [1.807, 2.05) is 45.0 Å². The molecule has 2 aromatic carbocycles. The summed E-state index contributed by atoms with van der Waals surface area (Å²) in [6, 6.07) is 14.2. The summed E-state index contributed by atoms with van der Waals surface area (Å²) in [4.78, 5) is 12.6. The molecule has 1 aliphatic rings. The zero-order chi connectivity index (χ0) is 19.6. The summed E-state index contributed by atoms with van der Waals surface area (Å²) in [7, 11) is -3.65. The standard InChI is InChI=1S/C21H26N2O3S/c1-15(2)16(3)22-21(24)18-9-6-10-20(13-18)27(25,26)23-12-11-17-7-4-5-8-19(17)14-23/h4-10,13,15-16H,11-12,14H2,1-3H3,(H,22,24). The summed E-state index contributed by atoms with van der Waals surface area (Å²) < 4.78 is 27.7. The molecular formula is C21H26N2O3S. The minimum atomic E-state index is -3.65. The molecule has 1 amide bonds. The maximum Gasteiger partial charge on any atom is 0.251 e. The molecule has 27 heavy (non-hydrogen) atoms. The summed E-state index contributed by atoms with van der Waals surface area (Å²) in [6.45, 7) is 6.80. The van der Waals surface area contributed by atoms with Crippen LogP contribution in [0.5, 0.6) is 0 Å². The van der Waals surface area contributed by atoms with Crippen LogP contribution in [-0.2, 0) is 23.0 Å². The van der Waals surface area contributed by atoms with Crippen LogP contribution in [0.4, 0.5) is 0 Å². The monoisotopic (exact) mass is 386 g/mol. The third-order valence-corrected chi connectivity index (χ3v) is 7.03. The summed E-state index contributed by atoms with van der Waals surface area (Å²) in [5, 5.41) is 2.92. The lowest BCUT2D eigenvalue weighted by Crippen LogP contribution is -2.37. The Balaban J connectivity index is 1.83. The molecule has 0 saturated heterocycles. The SMILES string of the molecule is CC(C)C(C)NC(=O)c1cccc(S(=O)(=O)N2CCc3ccccc3C2)c1. The normalized spacial score (nSPS) is 16.0. The van der Waals surface area contributed by atoms with E-state index in [-0.39, 0.29) is 16.8 Å². The number of sulfonamides is 1. The lowest BCUT2D eigenvalue weighted by molar-refractivity contribution is 0.0930. The number of benzene rings is 2. The van der Waals surface area contributed by atoms with Crippen LogP contribution in [0, 0.1) is 5.92 Å². The van der Waals surface area contributed by atoms with E-state index < -0.39 is 10.0 Å². The summed E-state index contributed by atoms with van der Waals surface area (Å²) in [6.07, 6.45) is 0.696. The van der Waals surface area contributed by atoms with Crippen molar-refractivity contribution in [3.8, 4) is 0 Å². The second-order valence-corrected chi connectivity index (χ2v) is 9.33. The van der Waals surface area contributed by atoms with Gasteiger partial charge in [0.05, 0.1) is 4.90 Å². The van der Waals surface area contributed by atoms with Crippen molar-refractivity contribution in [1.29, 1.82) is 0 Å². The number of fused-ring (bicyclic) bond motifs is 1. The van der Waals surface area contributed by atoms with Gasteiger partial charge in [-0.2, -0.15) is 4.31 Å². The van der Waals surface area contributed by atoms with E-state index in [4.69, 9.17) is 0 Å². The number of nitrogens with one attached hydrogen (secondary N) is 1. The molecule has 0 bridgehead atoms. The van der Waals surface area contributed by atoms with Crippen molar-refractivity contribution in [2.45, 2.75) is 44.7 Å². The van der Waals surface area contributed by atoms with E-state index in [1.54, 1.807) is 18.2 Å². The number of hydrogen-bond acceptors (Lipinski definition) is 3. The lowest BCUT2D eigenvalue weighted by atomic mass is 10.0. The quantitative estimate of drug-likeness (QED) is 0.858. The molecule has 3 rings (SSSR count). The van der Waals surface area contributed by atoms with Crippen LogP contribution >= 0.6 is 0 Å². The van der Waals surface area contributed by atoms with Crippen LogP contribution in [0.3, 0.4) is 0 Å². The molecule has 0 fully saturated rings. The van der Waals surface area contributed by atoms with Gasteiger partial charge in [0.15, 0.2) is 0 Å². The predicted octanol–water partition coefficient (Wildman–Crippen LogP) is 3.21. The Kier molecular flexibility index (Phi) is 5.67. The fourth-order valence-electron chi connectivity index (χ4n) is 3.08. The molecule has 6 heteroatoms. The van der Waals surface area contributed by atoms with Crippen LogP contribution in [0.25, 0.3) is 0 Å².